The van der Waals surface area contributed by atoms with E-state index in [0.29, 0.717) is 18.4 Å². The van der Waals surface area contributed by atoms with Crippen LogP contribution < -0.4 is 10.3 Å². The molecule has 2 fully saturated rings. The Bertz CT molecular complexity index is 870. The second-order valence-electron chi connectivity index (χ2n) is 7.83. The maximum Gasteiger partial charge on any atom is 0.255 e. The Hall–Kier alpha value is -2.21. The number of fused-ring (bicyclic) bond motifs is 1. The molecule has 136 valence electrons. The fourth-order valence-electron chi connectivity index (χ4n) is 3.58. The molecule has 0 bridgehead atoms. The second-order valence-corrected chi connectivity index (χ2v) is 7.83. The first-order valence-electron chi connectivity index (χ1n) is 9.67. The molecule has 0 aromatic carbocycles. The maximum atomic E-state index is 12.5. The predicted molar refractivity (Wildman–Crippen MR) is 97.1 cm³/mol. The molecule has 2 saturated carbocycles. The fourth-order valence-corrected chi connectivity index (χ4v) is 3.58. The van der Waals surface area contributed by atoms with Gasteiger partial charge in [-0.25, -0.2) is 9.97 Å². The summed E-state index contributed by atoms with van der Waals surface area (Å²) >= 11 is 0. The van der Waals surface area contributed by atoms with E-state index in [1.165, 1.54) is 12.8 Å². The fraction of sp³-hybridized carbons (Fsp3) is 0.550. The minimum absolute atomic E-state index is 0.0398. The summed E-state index contributed by atoms with van der Waals surface area (Å²) in [5.74, 6) is 2.82. The highest BCUT2D eigenvalue weighted by Crippen LogP contribution is 2.38. The number of hydrogen-bond acceptors (Lipinski definition) is 5. The predicted octanol–water partition coefficient (Wildman–Crippen LogP) is 2.39. The number of rotatable bonds is 6. The molecule has 1 N–H and O–H groups in total. The van der Waals surface area contributed by atoms with Gasteiger partial charge < -0.3 is 9.72 Å². The van der Waals surface area contributed by atoms with Crippen molar-refractivity contribution in [1.29, 1.82) is 0 Å². The average molecular weight is 352 g/mol. The van der Waals surface area contributed by atoms with Gasteiger partial charge in [0.05, 0.1) is 17.9 Å². The zero-order valence-corrected chi connectivity index (χ0v) is 14.9. The second kappa shape index (κ2) is 6.50. The molecule has 0 spiro atoms. The highest BCUT2D eigenvalue weighted by Gasteiger charge is 2.29. The third kappa shape index (κ3) is 3.38. The number of nitrogens with zero attached hydrogens (tertiary/aromatic N) is 3. The lowest BCUT2D eigenvalue weighted by Gasteiger charge is -2.28. The Morgan fingerprint density at radius 1 is 1.27 bits per heavy atom. The Morgan fingerprint density at radius 3 is 2.96 bits per heavy atom. The summed E-state index contributed by atoms with van der Waals surface area (Å²) < 4.78 is 5.93. The monoisotopic (exact) mass is 352 g/mol. The summed E-state index contributed by atoms with van der Waals surface area (Å²) in [4.78, 5) is 26.9. The molecule has 2 aliphatic carbocycles. The number of pyridine rings is 1. The van der Waals surface area contributed by atoms with Crippen LogP contribution in [0.4, 0.5) is 0 Å². The molecule has 0 radical (unpaired) electrons. The number of hydrogen-bond donors (Lipinski definition) is 1. The number of aromatic nitrogens is 3. The molecule has 3 heterocycles. The lowest BCUT2D eigenvalue weighted by atomic mass is 10.1. The number of aromatic amines is 1. The van der Waals surface area contributed by atoms with Crippen LogP contribution in [0, 0.1) is 5.92 Å². The molecule has 2 aromatic rings. The Labute approximate surface area is 152 Å². The Balaban J connectivity index is 1.31. The van der Waals surface area contributed by atoms with Crippen molar-refractivity contribution < 1.29 is 4.74 Å². The van der Waals surface area contributed by atoms with Crippen molar-refractivity contribution >= 4 is 0 Å². The highest BCUT2D eigenvalue weighted by molar-refractivity contribution is 5.27. The van der Waals surface area contributed by atoms with Crippen LogP contribution in [0.25, 0.3) is 0 Å². The first-order chi connectivity index (χ1) is 12.8. The summed E-state index contributed by atoms with van der Waals surface area (Å²) in [6.45, 7) is 3.06. The van der Waals surface area contributed by atoms with E-state index in [0.717, 1.165) is 67.5 Å². The minimum atomic E-state index is 0.0398. The number of ether oxygens (including phenoxy) is 1. The topological polar surface area (TPSA) is 71.1 Å². The number of H-pyrrole nitrogens is 1. The number of nitrogens with one attached hydrogen (secondary N) is 1. The normalized spacial score (nSPS) is 20.0. The molecular weight excluding hydrogens is 328 g/mol. The van der Waals surface area contributed by atoms with Crippen LogP contribution in [0.3, 0.4) is 0 Å². The largest absolute Gasteiger partial charge is 0.477 e. The van der Waals surface area contributed by atoms with Crippen LogP contribution in [0.2, 0.25) is 0 Å². The van der Waals surface area contributed by atoms with Crippen molar-refractivity contribution in [2.45, 2.75) is 51.1 Å². The van der Waals surface area contributed by atoms with Crippen molar-refractivity contribution in [3.05, 3.63) is 51.3 Å². The van der Waals surface area contributed by atoms with Gasteiger partial charge in [-0.3, -0.25) is 9.69 Å². The van der Waals surface area contributed by atoms with Gasteiger partial charge in [0.1, 0.15) is 5.82 Å². The molecule has 6 heteroatoms. The van der Waals surface area contributed by atoms with Gasteiger partial charge in [-0.05, 0) is 37.7 Å². The lowest BCUT2D eigenvalue weighted by Crippen LogP contribution is -2.35. The molecule has 2 aromatic heterocycles. The van der Waals surface area contributed by atoms with E-state index >= 15 is 0 Å². The van der Waals surface area contributed by atoms with Crippen LogP contribution >= 0.6 is 0 Å². The molecule has 0 unspecified atom stereocenters. The lowest BCUT2D eigenvalue weighted by molar-refractivity contribution is 0.230. The third-order valence-electron chi connectivity index (χ3n) is 5.53. The standard InChI is InChI=1S/C20H24N4O2/c25-19-16-11-24(9-7-17(16)22-18(23-19)14-5-6-14)10-15-2-1-8-21-20(15)26-12-13-3-4-13/h1-2,8,13-14H,3-7,9-12H2,(H,22,23,25). The van der Waals surface area contributed by atoms with Crippen molar-refractivity contribution in [3.63, 3.8) is 0 Å². The van der Waals surface area contributed by atoms with E-state index in [1.54, 1.807) is 6.20 Å². The van der Waals surface area contributed by atoms with Crippen LogP contribution in [-0.2, 0) is 19.5 Å². The quantitative estimate of drug-likeness (QED) is 0.864. The summed E-state index contributed by atoms with van der Waals surface area (Å²) in [6.07, 6.45) is 7.45. The van der Waals surface area contributed by atoms with Gasteiger partial charge in [0.15, 0.2) is 0 Å². The molecule has 1 aliphatic heterocycles. The first-order valence-corrected chi connectivity index (χ1v) is 9.67. The first kappa shape index (κ1) is 16.0. The average Bonchev–Trinajstić information content (AvgIpc) is 3.55. The van der Waals surface area contributed by atoms with E-state index in [1.807, 2.05) is 6.07 Å². The van der Waals surface area contributed by atoms with E-state index in [2.05, 4.69) is 20.9 Å². The molecule has 5 rings (SSSR count). The molecule has 0 saturated heterocycles. The van der Waals surface area contributed by atoms with Crippen LogP contribution in [0.5, 0.6) is 5.88 Å². The SMILES string of the molecule is O=c1[nH]c(C2CC2)nc2c1CN(Cc1cccnc1OCC1CC1)CC2. The zero-order chi connectivity index (χ0) is 17.5. The Kier molecular flexibility index (Phi) is 4.00. The maximum absolute atomic E-state index is 12.5. The molecular formula is C20H24N4O2. The van der Waals surface area contributed by atoms with Crippen molar-refractivity contribution in [2.24, 2.45) is 5.92 Å². The van der Waals surface area contributed by atoms with Gasteiger partial charge in [-0.1, -0.05) is 6.07 Å². The van der Waals surface area contributed by atoms with E-state index in [9.17, 15) is 4.79 Å². The summed E-state index contributed by atoms with van der Waals surface area (Å²) in [5.41, 5.74) is 2.95. The van der Waals surface area contributed by atoms with E-state index < -0.39 is 0 Å². The van der Waals surface area contributed by atoms with Gasteiger partial charge in [0.2, 0.25) is 5.88 Å². The molecule has 0 atom stereocenters. The van der Waals surface area contributed by atoms with Crippen LogP contribution in [0.1, 0.15) is 54.2 Å². The van der Waals surface area contributed by atoms with Crippen LogP contribution in [0.15, 0.2) is 23.1 Å². The van der Waals surface area contributed by atoms with E-state index in [-0.39, 0.29) is 5.56 Å². The Morgan fingerprint density at radius 2 is 2.15 bits per heavy atom. The molecule has 6 nitrogen and oxygen atoms in total. The minimum Gasteiger partial charge on any atom is -0.477 e. The molecule has 26 heavy (non-hydrogen) atoms. The summed E-state index contributed by atoms with van der Waals surface area (Å²) in [5, 5.41) is 0. The van der Waals surface area contributed by atoms with Gasteiger partial charge in [-0.15, -0.1) is 0 Å². The third-order valence-corrected chi connectivity index (χ3v) is 5.53. The van der Waals surface area contributed by atoms with Crippen molar-refractivity contribution in [2.75, 3.05) is 13.2 Å². The smallest absolute Gasteiger partial charge is 0.255 e. The summed E-state index contributed by atoms with van der Waals surface area (Å²) in [6, 6.07) is 4.02. The van der Waals surface area contributed by atoms with Gasteiger partial charge in [0.25, 0.3) is 5.56 Å². The zero-order valence-electron chi connectivity index (χ0n) is 14.9. The van der Waals surface area contributed by atoms with Crippen LogP contribution in [-0.4, -0.2) is 33.0 Å². The van der Waals surface area contributed by atoms with Gasteiger partial charge >= 0.3 is 0 Å². The van der Waals surface area contributed by atoms with Gasteiger partial charge in [-0.2, -0.15) is 0 Å². The summed E-state index contributed by atoms with van der Waals surface area (Å²) in [7, 11) is 0. The van der Waals surface area contributed by atoms with Gasteiger partial charge in [0, 0.05) is 43.7 Å². The van der Waals surface area contributed by atoms with Crippen molar-refractivity contribution in [1.82, 2.24) is 19.9 Å². The molecule has 0 amide bonds. The van der Waals surface area contributed by atoms with E-state index in [4.69, 9.17) is 9.72 Å². The van der Waals surface area contributed by atoms with Crippen molar-refractivity contribution in [3.8, 4) is 5.88 Å². The highest BCUT2D eigenvalue weighted by atomic mass is 16.5. The molecule has 3 aliphatic rings.